The van der Waals surface area contributed by atoms with Crippen LogP contribution < -0.4 is 15.5 Å². The monoisotopic (exact) mass is 697 g/mol. The van der Waals surface area contributed by atoms with Gasteiger partial charge in [-0.1, -0.05) is 109 Å². The van der Waals surface area contributed by atoms with Gasteiger partial charge in [-0.3, -0.25) is 4.90 Å². The number of benzene rings is 4. The minimum atomic E-state index is -0.931. The Morgan fingerprint density at radius 1 is 0.769 bits per heavy atom. The molecular formula is C44H36N5O2P. The zero-order valence-corrected chi connectivity index (χ0v) is 30.0. The van der Waals surface area contributed by atoms with Gasteiger partial charge < -0.3 is 18.1 Å². The summed E-state index contributed by atoms with van der Waals surface area (Å²) >= 11 is 0. The first-order chi connectivity index (χ1) is 25.5. The lowest BCUT2D eigenvalue weighted by atomic mass is 9.89. The van der Waals surface area contributed by atoms with Crippen LogP contribution in [0.4, 0.5) is 11.6 Å². The molecule has 52 heavy (non-hydrogen) atoms. The van der Waals surface area contributed by atoms with Gasteiger partial charge in [-0.25, -0.2) is 4.68 Å². The number of hydrogen-bond donors (Lipinski definition) is 0. The second-order valence-electron chi connectivity index (χ2n) is 13.5. The van der Waals surface area contributed by atoms with Crippen molar-refractivity contribution >= 4 is 58.4 Å². The van der Waals surface area contributed by atoms with Gasteiger partial charge in [0.1, 0.15) is 17.8 Å². The van der Waals surface area contributed by atoms with Crippen molar-refractivity contribution in [2.45, 2.75) is 25.8 Å². The van der Waals surface area contributed by atoms with Gasteiger partial charge in [0, 0.05) is 52.0 Å². The standard InChI is InChI=1S/C44H36N5O2P/c1-29-25-30(2)48(45-29)40-28-50-44-37(40)27-42(51-44)47(31-15-7-4-8-16-31)41-26-36-38(46(41)3)24-23-35-34-21-13-14-22-39(34)49(43(35)36)52(32-17-9-5-10-18-32)33-19-11-6-12-20-33/h4-28,36,38H,1-3H3. The zero-order chi connectivity index (χ0) is 34.9. The van der Waals surface area contributed by atoms with Gasteiger partial charge >= 0.3 is 5.78 Å². The fourth-order valence-corrected chi connectivity index (χ4v) is 10.6. The molecule has 2 unspecified atom stereocenters. The van der Waals surface area contributed by atoms with Gasteiger partial charge in [0.25, 0.3) is 0 Å². The second-order valence-corrected chi connectivity index (χ2v) is 15.6. The van der Waals surface area contributed by atoms with Crippen molar-refractivity contribution in [1.29, 1.82) is 0 Å². The van der Waals surface area contributed by atoms with E-state index in [1.807, 2.05) is 17.7 Å². The Hall–Kier alpha value is -6.04. The molecule has 0 saturated heterocycles. The summed E-state index contributed by atoms with van der Waals surface area (Å²) < 4.78 is 17.2. The van der Waals surface area contributed by atoms with Gasteiger partial charge in [0.15, 0.2) is 0 Å². The maximum absolute atomic E-state index is 6.57. The summed E-state index contributed by atoms with van der Waals surface area (Å²) in [4.78, 5) is 4.61. The molecule has 1 aliphatic carbocycles. The molecule has 8 heteroatoms. The molecule has 5 heterocycles. The maximum Gasteiger partial charge on any atom is 0.301 e. The number of likely N-dealkylation sites (N-methyl/N-ethyl adjacent to an activating group) is 1. The van der Waals surface area contributed by atoms with Crippen LogP contribution in [0.15, 0.2) is 160 Å². The van der Waals surface area contributed by atoms with Crippen LogP contribution >= 0.6 is 8.07 Å². The molecule has 0 spiro atoms. The number of para-hydroxylation sites is 2. The van der Waals surface area contributed by atoms with E-state index in [4.69, 9.17) is 13.9 Å². The van der Waals surface area contributed by atoms with Crippen LogP contribution in [0.3, 0.4) is 0 Å². The number of hydrogen-bond acceptors (Lipinski definition) is 5. The van der Waals surface area contributed by atoms with Crippen LogP contribution in [0.25, 0.3) is 33.8 Å². The Labute approximate surface area is 303 Å². The molecule has 0 saturated carbocycles. The highest BCUT2D eigenvalue weighted by molar-refractivity contribution is 7.71. The predicted molar refractivity (Wildman–Crippen MR) is 211 cm³/mol. The Morgan fingerprint density at radius 3 is 2.13 bits per heavy atom. The number of fused-ring (bicyclic) bond motifs is 6. The Morgan fingerprint density at radius 2 is 1.44 bits per heavy atom. The van der Waals surface area contributed by atoms with Gasteiger partial charge in [-0.2, -0.15) is 5.10 Å². The van der Waals surface area contributed by atoms with Crippen LogP contribution in [0.2, 0.25) is 0 Å². The first-order valence-electron chi connectivity index (χ1n) is 17.6. The minimum Gasteiger partial charge on any atom is -0.431 e. The third kappa shape index (κ3) is 4.73. The second kappa shape index (κ2) is 12.0. The van der Waals surface area contributed by atoms with Crippen molar-refractivity contribution in [2.24, 2.45) is 0 Å². The van der Waals surface area contributed by atoms with Crippen LogP contribution in [0, 0.1) is 13.8 Å². The summed E-state index contributed by atoms with van der Waals surface area (Å²) in [6, 6.07) is 45.6. The Balaban J connectivity index is 1.17. The molecule has 8 aromatic rings. The molecule has 0 fully saturated rings. The Bertz CT molecular complexity index is 2610. The van der Waals surface area contributed by atoms with Crippen molar-refractivity contribution in [3.05, 3.63) is 174 Å². The molecule has 0 radical (unpaired) electrons. The molecule has 0 N–H and O–H groups in total. The third-order valence-electron chi connectivity index (χ3n) is 10.3. The molecular weight excluding hydrogens is 661 g/mol. The van der Waals surface area contributed by atoms with Crippen LogP contribution in [-0.2, 0) is 0 Å². The van der Waals surface area contributed by atoms with E-state index >= 15 is 0 Å². The molecule has 2 aliphatic rings. The number of rotatable bonds is 7. The molecule has 0 amide bonds. The number of aromatic nitrogens is 3. The zero-order valence-electron chi connectivity index (χ0n) is 29.1. The van der Waals surface area contributed by atoms with E-state index in [1.54, 1.807) is 6.26 Å². The van der Waals surface area contributed by atoms with Crippen molar-refractivity contribution in [2.75, 3.05) is 11.9 Å². The predicted octanol–water partition coefficient (Wildman–Crippen LogP) is 9.78. The van der Waals surface area contributed by atoms with E-state index in [-0.39, 0.29) is 12.0 Å². The molecule has 2 atom stereocenters. The first kappa shape index (κ1) is 30.8. The summed E-state index contributed by atoms with van der Waals surface area (Å²) in [7, 11) is 1.26. The molecule has 254 valence electrons. The van der Waals surface area contributed by atoms with Crippen LogP contribution in [0.5, 0.6) is 0 Å². The number of nitrogens with zero attached hydrogens (tertiary/aromatic N) is 5. The van der Waals surface area contributed by atoms with E-state index < -0.39 is 8.07 Å². The summed E-state index contributed by atoms with van der Waals surface area (Å²) in [6.07, 6.45) is 8.88. The van der Waals surface area contributed by atoms with E-state index in [2.05, 4.69) is 168 Å². The SMILES string of the molecule is Cc1cc(C)n(-c2coc3oc(N(C4=CC5c6c(c7ccccc7n6P(c6ccccc6)c6ccccc6)C=CC5N4C)c4ccccc4)cc23)n1. The quantitative estimate of drug-likeness (QED) is 0.155. The van der Waals surface area contributed by atoms with Gasteiger partial charge in [0.2, 0.25) is 5.88 Å². The molecule has 10 rings (SSSR count). The normalized spacial score (nSPS) is 16.5. The Kier molecular flexibility index (Phi) is 7.12. The molecule has 4 aromatic carbocycles. The summed E-state index contributed by atoms with van der Waals surface area (Å²) in [5, 5.41) is 9.52. The number of furan rings is 2. The number of aryl methyl sites for hydroxylation is 2. The van der Waals surface area contributed by atoms with Gasteiger partial charge in [0.05, 0.1) is 36.4 Å². The van der Waals surface area contributed by atoms with Crippen molar-refractivity contribution < 1.29 is 8.83 Å². The summed E-state index contributed by atoms with van der Waals surface area (Å²) in [5.74, 6) is 2.28. The van der Waals surface area contributed by atoms with E-state index in [9.17, 15) is 0 Å². The van der Waals surface area contributed by atoms with E-state index in [1.165, 1.54) is 32.8 Å². The number of anilines is 2. The molecule has 7 nitrogen and oxygen atoms in total. The van der Waals surface area contributed by atoms with Crippen LogP contribution in [-0.4, -0.2) is 32.1 Å². The lowest BCUT2D eigenvalue weighted by molar-refractivity contribution is 0.356. The fourth-order valence-electron chi connectivity index (χ4n) is 8.08. The average molecular weight is 698 g/mol. The average Bonchev–Trinajstić information content (AvgIpc) is 3.99. The van der Waals surface area contributed by atoms with Gasteiger partial charge in [-0.15, -0.1) is 0 Å². The minimum absolute atomic E-state index is 0.0826. The molecule has 4 aromatic heterocycles. The molecule has 0 bridgehead atoms. The first-order valence-corrected chi connectivity index (χ1v) is 18.9. The highest BCUT2D eigenvalue weighted by Gasteiger charge is 2.42. The van der Waals surface area contributed by atoms with Crippen molar-refractivity contribution in [3.63, 3.8) is 0 Å². The largest absolute Gasteiger partial charge is 0.431 e. The van der Waals surface area contributed by atoms with Crippen LogP contribution in [0.1, 0.15) is 28.6 Å². The topological polar surface area (TPSA) is 55.5 Å². The lowest BCUT2D eigenvalue weighted by Gasteiger charge is -2.34. The smallest absolute Gasteiger partial charge is 0.301 e. The lowest BCUT2D eigenvalue weighted by Crippen LogP contribution is -2.35. The summed E-state index contributed by atoms with van der Waals surface area (Å²) in [6.45, 7) is 4.06. The van der Waals surface area contributed by atoms with Gasteiger partial charge in [-0.05, 0) is 44.2 Å². The van der Waals surface area contributed by atoms with Crippen molar-refractivity contribution in [3.8, 4) is 5.69 Å². The summed E-state index contributed by atoms with van der Waals surface area (Å²) in [5.41, 5.74) is 7.73. The van der Waals surface area contributed by atoms with E-state index in [0.717, 1.165) is 34.0 Å². The highest BCUT2D eigenvalue weighted by Crippen LogP contribution is 2.52. The fraction of sp³-hybridized carbons (Fsp3) is 0.114. The molecule has 1 aliphatic heterocycles. The van der Waals surface area contributed by atoms with E-state index in [0.29, 0.717) is 11.7 Å². The maximum atomic E-state index is 6.57. The van der Waals surface area contributed by atoms with Crippen molar-refractivity contribution in [1.82, 2.24) is 19.0 Å². The third-order valence-corrected chi connectivity index (χ3v) is 12.8. The highest BCUT2D eigenvalue weighted by atomic mass is 31.1.